The Morgan fingerprint density at radius 3 is 1.40 bits per heavy atom. The summed E-state index contributed by atoms with van der Waals surface area (Å²) in [5, 5.41) is 1.37. The van der Waals surface area contributed by atoms with Gasteiger partial charge in [0, 0.05) is 43.2 Å². The highest BCUT2D eigenvalue weighted by Gasteiger charge is 2.49. The molecule has 3 heterocycles. The van der Waals surface area contributed by atoms with E-state index in [1.54, 1.807) is 0 Å². The summed E-state index contributed by atoms with van der Waals surface area (Å²) >= 11 is 2.04. The molecule has 2 nitrogen and oxygen atoms in total. The van der Waals surface area contributed by atoms with E-state index in [1.807, 2.05) is 11.3 Å². The van der Waals surface area contributed by atoms with E-state index >= 15 is 0 Å². The zero-order chi connectivity index (χ0) is 56.8. The lowest BCUT2D eigenvalue weighted by Gasteiger charge is -2.48. The largest absolute Gasteiger partial charge is 0.311 e. The van der Waals surface area contributed by atoms with Crippen molar-refractivity contribution in [2.24, 2.45) is 0 Å². The summed E-state index contributed by atoms with van der Waals surface area (Å²) in [7, 11) is 0. The van der Waals surface area contributed by atoms with E-state index in [4.69, 9.17) is 0 Å². The van der Waals surface area contributed by atoms with Crippen LogP contribution in [-0.4, -0.2) is 6.71 Å². The summed E-state index contributed by atoms with van der Waals surface area (Å²) in [6.07, 6.45) is 4.69. The van der Waals surface area contributed by atoms with Gasteiger partial charge in [0.2, 0.25) is 0 Å². The van der Waals surface area contributed by atoms with Gasteiger partial charge in [0.05, 0.1) is 11.4 Å². The number of benzene rings is 6. The van der Waals surface area contributed by atoms with E-state index in [0.717, 1.165) is 6.42 Å². The number of rotatable bonds is 3. The molecule has 0 radical (unpaired) electrons. The van der Waals surface area contributed by atoms with Gasteiger partial charge in [-0.15, -0.1) is 11.3 Å². The number of fused-ring (bicyclic) bond motifs is 8. The predicted octanol–water partition coefficient (Wildman–Crippen LogP) is 19.8. The molecule has 0 N–H and O–H groups in total. The Balaban J connectivity index is 1.33. The maximum atomic E-state index is 2.78. The van der Waals surface area contributed by atoms with Gasteiger partial charge in [0.15, 0.2) is 0 Å². The van der Waals surface area contributed by atoms with Crippen molar-refractivity contribution < 1.29 is 0 Å². The molecule has 6 aromatic carbocycles. The lowest BCUT2D eigenvalue weighted by molar-refractivity contribution is 0.332. The molecule has 78 heavy (non-hydrogen) atoms. The van der Waals surface area contributed by atoms with E-state index in [0.29, 0.717) is 0 Å². The Bertz CT molecular complexity index is 3580. The Labute approximate surface area is 476 Å². The topological polar surface area (TPSA) is 6.48 Å². The molecule has 0 spiro atoms. The van der Waals surface area contributed by atoms with Crippen LogP contribution < -0.4 is 25.5 Å². The van der Waals surface area contributed by atoms with Crippen molar-refractivity contribution in [2.75, 3.05) is 9.80 Å². The molecule has 0 fully saturated rings. The van der Waals surface area contributed by atoms with Crippen molar-refractivity contribution in [1.82, 2.24) is 0 Å². The molecule has 0 saturated carbocycles. The van der Waals surface area contributed by atoms with E-state index < -0.39 is 0 Å². The quantitative estimate of drug-likeness (QED) is 0.163. The van der Waals surface area contributed by atoms with Gasteiger partial charge < -0.3 is 9.80 Å². The zero-order valence-electron chi connectivity index (χ0n) is 52.4. The fourth-order valence-electron chi connectivity index (χ4n) is 13.8. The molecule has 0 unspecified atom stereocenters. The third kappa shape index (κ3) is 8.86. The minimum atomic E-state index is -0.152. The smallest absolute Gasteiger partial charge is 0.264 e. The third-order valence-electron chi connectivity index (χ3n) is 19.5. The average Bonchev–Trinajstić information content (AvgIpc) is 3.78. The first-order valence-electron chi connectivity index (χ1n) is 29.8. The fourth-order valence-corrected chi connectivity index (χ4v) is 15.1. The number of hydrogen-bond donors (Lipinski definition) is 0. The molecular formula is C74H93BN2S. The number of hydrogen-bond acceptors (Lipinski definition) is 3. The van der Waals surface area contributed by atoms with Crippen molar-refractivity contribution in [3.05, 3.63) is 147 Å². The Morgan fingerprint density at radius 1 is 0.397 bits per heavy atom. The van der Waals surface area contributed by atoms with E-state index in [2.05, 4.69) is 266 Å². The summed E-state index contributed by atoms with van der Waals surface area (Å²) in [5.74, 6) is 0. The highest BCUT2D eigenvalue weighted by Crippen LogP contribution is 2.56. The number of anilines is 6. The summed E-state index contributed by atoms with van der Waals surface area (Å²) in [4.78, 5) is 5.55. The Morgan fingerprint density at radius 2 is 0.859 bits per heavy atom. The number of thiophene rings is 1. The van der Waals surface area contributed by atoms with E-state index in [1.165, 1.54) is 140 Å². The van der Waals surface area contributed by atoms with Gasteiger partial charge in [-0.05, 0) is 196 Å². The second kappa shape index (κ2) is 17.2. The van der Waals surface area contributed by atoms with Crippen LogP contribution in [0.4, 0.5) is 34.1 Å². The maximum Gasteiger partial charge on any atom is 0.264 e. The van der Waals surface area contributed by atoms with Crippen LogP contribution in [0.25, 0.3) is 21.2 Å². The maximum absolute atomic E-state index is 2.78. The lowest BCUT2D eigenvalue weighted by Crippen LogP contribution is -2.61. The van der Waals surface area contributed by atoms with Crippen LogP contribution in [0.5, 0.6) is 0 Å². The van der Waals surface area contributed by atoms with Gasteiger partial charge in [-0.25, -0.2) is 0 Å². The van der Waals surface area contributed by atoms with Gasteiger partial charge in [-0.3, -0.25) is 0 Å². The minimum Gasteiger partial charge on any atom is -0.311 e. The molecule has 0 bridgehead atoms. The predicted molar refractivity (Wildman–Crippen MR) is 345 cm³/mol. The number of nitrogens with zero attached hydrogens (tertiary/aromatic N) is 2. The highest BCUT2D eigenvalue weighted by atomic mass is 32.1. The first-order valence-corrected chi connectivity index (χ1v) is 30.6. The monoisotopic (exact) mass is 1050 g/mol. The van der Waals surface area contributed by atoms with Gasteiger partial charge in [-0.2, -0.15) is 0 Å². The van der Waals surface area contributed by atoms with Gasteiger partial charge >= 0.3 is 0 Å². The molecule has 2 aliphatic heterocycles. The van der Waals surface area contributed by atoms with Crippen LogP contribution >= 0.6 is 11.3 Å². The summed E-state index contributed by atoms with van der Waals surface area (Å²) < 4.78 is 2.81. The van der Waals surface area contributed by atoms with Crippen LogP contribution in [0.3, 0.4) is 0 Å². The van der Waals surface area contributed by atoms with Crippen molar-refractivity contribution in [1.29, 1.82) is 0 Å². The molecule has 7 aromatic rings. The van der Waals surface area contributed by atoms with Gasteiger partial charge in [-0.1, -0.05) is 202 Å². The third-order valence-corrected chi connectivity index (χ3v) is 20.8. The molecule has 11 rings (SSSR count). The van der Waals surface area contributed by atoms with Crippen molar-refractivity contribution in [2.45, 2.75) is 234 Å². The van der Waals surface area contributed by atoms with Crippen LogP contribution in [0.1, 0.15) is 235 Å². The van der Waals surface area contributed by atoms with Crippen molar-refractivity contribution in [3.63, 3.8) is 0 Å². The molecule has 4 aliphatic rings. The molecule has 408 valence electrons. The second-order valence-corrected chi connectivity index (χ2v) is 33.6. The summed E-state index contributed by atoms with van der Waals surface area (Å²) in [6, 6.07) is 40.9. The normalized spacial score (nSPS) is 18.3. The van der Waals surface area contributed by atoms with Crippen LogP contribution in [0, 0.1) is 0 Å². The molecular weight excluding hydrogens is 960 g/mol. The van der Waals surface area contributed by atoms with Gasteiger partial charge in [0.25, 0.3) is 6.71 Å². The summed E-state index contributed by atoms with van der Waals surface area (Å²) in [6.45, 7) is 55.8. The molecule has 0 atom stereocenters. The Kier molecular flexibility index (Phi) is 12.1. The zero-order valence-corrected chi connectivity index (χ0v) is 53.3. The van der Waals surface area contributed by atoms with Gasteiger partial charge in [0.1, 0.15) is 0 Å². The average molecular weight is 1050 g/mol. The van der Waals surface area contributed by atoms with Crippen LogP contribution in [0.2, 0.25) is 0 Å². The lowest BCUT2D eigenvalue weighted by atomic mass is 9.35. The van der Waals surface area contributed by atoms with Crippen molar-refractivity contribution in [3.8, 4) is 11.1 Å². The second-order valence-electron chi connectivity index (χ2n) is 32.6. The van der Waals surface area contributed by atoms with Crippen molar-refractivity contribution >= 4 is 78.0 Å². The first-order chi connectivity index (χ1) is 35.8. The molecule has 1 aromatic heterocycles. The molecule has 0 amide bonds. The van der Waals surface area contributed by atoms with E-state index in [9.17, 15) is 0 Å². The standard InChI is InChI=1S/C74H93BN2S/c1-66(2,3)45-24-28-58(51(37-45)44-34-47(68(7,8)9)36-48(35-44)69(10,11)12)77-59-43-56-55(73(20,21)32-33-74(56,22)23)42-57(59)75-63-60(39-49(40-61(63)77)70(13,14)15)76(50-26-27-53-54(41-50)72(18,19)31-30-71(53,16)17)64-52-38-46(67(4,5)6)25-29-62(52)78-65(64)75/h24-29,34-43H,30-33H2,1-23H3. The van der Waals surface area contributed by atoms with Crippen LogP contribution in [-0.2, 0) is 48.7 Å². The summed E-state index contributed by atoms with van der Waals surface area (Å²) in [5.41, 5.74) is 26.0. The minimum absolute atomic E-state index is 0.00983. The molecule has 0 saturated heterocycles. The van der Waals surface area contributed by atoms with Crippen LogP contribution in [0.15, 0.2) is 97.1 Å². The fraction of sp³-hybridized carbons (Fsp3) is 0.486. The van der Waals surface area contributed by atoms with E-state index in [-0.39, 0.29) is 55.4 Å². The molecule has 4 heteroatoms. The molecule has 2 aliphatic carbocycles. The Hall–Kier alpha value is -5.06. The first kappa shape index (κ1) is 54.9. The SMILES string of the molecule is CC(C)(C)c1cc(-c2cc(C(C)(C)C)ccc2N2c3cc4c(cc3B3c5sc6ccc(C(C)(C)C)cc6c5N(c5ccc6c(c5)C(C)(C)CCC6(C)C)c5cc(C(C)(C)C)cc2c53)C(C)(C)CCC4(C)C)cc(C(C)(C)C)c1. The highest BCUT2D eigenvalue weighted by molar-refractivity contribution is 7.33.